The Bertz CT molecular complexity index is 804. The van der Waals surface area contributed by atoms with Gasteiger partial charge in [0.15, 0.2) is 0 Å². The Hall–Kier alpha value is -0.970. The average Bonchev–Trinajstić information content (AvgIpc) is 2.60. The highest BCUT2D eigenvalue weighted by Gasteiger charge is 2.25. The number of piperidine rings is 1. The molecule has 0 bridgehead atoms. The van der Waals surface area contributed by atoms with Crippen molar-refractivity contribution in [2.45, 2.75) is 19.4 Å². The van der Waals surface area contributed by atoms with Crippen LogP contribution in [-0.4, -0.2) is 23.9 Å². The highest BCUT2D eigenvalue weighted by molar-refractivity contribution is 6.36. The summed E-state index contributed by atoms with van der Waals surface area (Å²) in [6.07, 6.45) is 1.59. The molecule has 2 aromatic carbocycles. The van der Waals surface area contributed by atoms with Gasteiger partial charge in [-0.05, 0) is 61.8 Å². The van der Waals surface area contributed by atoms with Gasteiger partial charge in [0.05, 0.1) is 10.7 Å². The first-order valence-corrected chi connectivity index (χ1v) is 9.86. The molecule has 3 nitrogen and oxygen atoms in total. The summed E-state index contributed by atoms with van der Waals surface area (Å²) in [6.45, 7) is 2.43. The summed E-state index contributed by atoms with van der Waals surface area (Å²) in [5.74, 6) is -0.0305. The zero-order valence-corrected chi connectivity index (χ0v) is 17.0. The Labute approximate surface area is 173 Å². The average molecular weight is 432 g/mol. The zero-order chi connectivity index (χ0) is 18.7. The Morgan fingerprint density at radius 2 is 1.58 bits per heavy atom. The van der Waals surface area contributed by atoms with Gasteiger partial charge in [-0.1, -0.05) is 52.5 Å². The number of anilines is 1. The third-order valence-electron chi connectivity index (χ3n) is 4.56. The van der Waals surface area contributed by atoms with Gasteiger partial charge in [0.1, 0.15) is 0 Å². The Morgan fingerprint density at radius 1 is 0.962 bits per heavy atom. The maximum atomic E-state index is 12.5. The monoisotopic (exact) mass is 430 g/mol. The SMILES string of the molecule is O=C(Nc1ccc(Cl)cc1Cl)C1CCN(Cc2ccc(Cl)cc2Cl)CC1. The number of carbonyl (C=O) groups is 1. The number of benzene rings is 2. The molecule has 1 saturated heterocycles. The van der Waals surface area contributed by atoms with E-state index in [1.807, 2.05) is 12.1 Å². The molecule has 1 amide bonds. The van der Waals surface area contributed by atoms with Gasteiger partial charge in [-0.25, -0.2) is 0 Å². The number of likely N-dealkylation sites (tertiary alicyclic amines) is 1. The predicted molar refractivity (Wildman–Crippen MR) is 110 cm³/mol. The Balaban J connectivity index is 1.53. The molecule has 0 unspecified atom stereocenters. The minimum Gasteiger partial charge on any atom is -0.325 e. The summed E-state index contributed by atoms with van der Waals surface area (Å²) in [6, 6.07) is 10.6. The third kappa shape index (κ3) is 5.05. The lowest BCUT2D eigenvalue weighted by Gasteiger charge is -2.31. The number of nitrogens with one attached hydrogen (secondary N) is 1. The van der Waals surface area contributed by atoms with Crippen LogP contribution in [0.4, 0.5) is 5.69 Å². The second kappa shape index (κ2) is 8.81. The lowest BCUT2D eigenvalue weighted by atomic mass is 9.95. The summed E-state index contributed by atoms with van der Waals surface area (Å²) < 4.78 is 0. The van der Waals surface area contributed by atoms with Crippen molar-refractivity contribution in [3.05, 3.63) is 62.1 Å². The van der Waals surface area contributed by atoms with E-state index < -0.39 is 0 Å². The molecular formula is C19H18Cl4N2O. The van der Waals surface area contributed by atoms with Crippen molar-refractivity contribution in [3.8, 4) is 0 Å². The number of hydrogen-bond donors (Lipinski definition) is 1. The van der Waals surface area contributed by atoms with Crippen molar-refractivity contribution in [3.63, 3.8) is 0 Å². The van der Waals surface area contributed by atoms with E-state index in [0.29, 0.717) is 25.8 Å². The first-order chi connectivity index (χ1) is 12.4. The summed E-state index contributed by atoms with van der Waals surface area (Å²) >= 11 is 24.2. The molecule has 0 radical (unpaired) electrons. The minimum atomic E-state index is -0.0290. The molecule has 7 heteroatoms. The van der Waals surface area contributed by atoms with Crippen molar-refractivity contribution < 1.29 is 4.79 Å². The Morgan fingerprint density at radius 3 is 2.19 bits per heavy atom. The summed E-state index contributed by atoms with van der Waals surface area (Å²) in [4.78, 5) is 14.8. The van der Waals surface area contributed by atoms with Crippen molar-refractivity contribution in [2.24, 2.45) is 5.92 Å². The molecule has 0 aliphatic carbocycles. The van der Waals surface area contributed by atoms with Crippen molar-refractivity contribution in [1.29, 1.82) is 0 Å². The topological polar surface area (TPSA) is 32.3 Å². The molecule has 1 N–H and O–H groups in total. The van der Waals surface area contributed by atoms with Crippen LogP contribution < -0.4 is 5.32 Å². The van der Waals surface area contributed by atoms with Gasteiger partial charge < -0.3 is 5.32 Å². The fraction of sp³-hybridized carbons (Fsp3) is 0.316. The number of nitrogens with zero attached hydrogens (tertiary/aromatic N) is 1. The lowest BCUT2D eigenvalue weighted by molar-refractivity contribution is -0.121. The van der Waals surface area contributed by atoms with E-state index in [-0.39, 0.29) is 11.8 Å². The van der Waals surface area contributed by atoms with E-state index in [1.54, 1.807) is 24.3 Å². The molecule has 0 saturated carbocycles. The molecule has 2 aromatic rings. The lowest BCUT2D eigenvalue weighted by Crippen LogP contribution is -2.37. The summed E-state index contributed by atoms with van der Waals surface area (Å²) in [5.41, 5.74) is 1.64. The van der Waals surface area contributed by atoms with Crippen LogP contribution >= 0.6 is 46.4 Å². The molecule has 1 aliphatic rings. The van der Waals surface area contributed by atoms with Crippen LogP contribution in [0.2, 0.25) is 20.1 Å². The molecule has 26 heavy (non-hydrogen) atoms. The molecule has 3 rings (SSSR count). The van der Waals surface area contributed by atoms with Gasteiger partial charge in [-0.3, -0.25) is 9.69 Å². The van der Waals surface area contributed by atoms with Crippen LogP contribution in [0.15, 0.2) is 36.4 Å². The highest BCUT2D eigenvalue weighted by Crippen LogP contribution is 2.28. The first kappa shape index (κ1) is 19.8. The normalized spacial score (nSPS) is 15.8. The number of halogens is 4. The quantitative estimate of drug-likeness (QED) is 0.629. The van der Waals surface area contributed by atoms with Gasteiger partial charge in [-0.15, -0.1) is 0 Å². The number of hydrogen-bond acceptors (Lipinski definition) is 2. The second-order valence-electron chi connectivity index (χ2n) is 6.40. The summed E-state index contributed by atoms with van der Waals surface area (Å²) in [5, 5.41) is 5.20. The fourth-order valence-corrected chi connectivity index (χ4v) is 3.99. The van der Waals surface area contributed by atoms with Gasteiger partial charge in [0, 0.05) is 27.5 Å². The van der Waals surface area contributed by atoms with E-state index in [0.717, 1.165) is 38.0 Å². The molecular weight excluding hydrogens is 414 g/mol. The van der Waals surface area contributed by atoms with E-state index in [9.17, 15) is 4.79 Å². The molecule has 0 spiro atoms. The van der Waals surface area contributed by atoms with Crippen LogP contribution in [0.25, 0.3) is 0 Å². The molecule has 1 fully saturated rings. The minimum absolute atomic E-state index is 0.00148. The largest absolute Gasteiger partial charge is 0.325 e. The third-order valence-corrected chi connectivity index (χ3v) is 5.69. The molecule has 0 atom stereocenters. The van der Waals surface area contributed by atoms with E-state index in [1.165, 1.54) is 0 Å². The van der Waals surface area contributed by atoms with Gasteiger partial charge in [0.25, 0.3) is 0 Å². The molecule has 0 aromatic heterocycles. The van der Waals surface area contributed by atoms with Crippen LogP contribution in [0.5, 0.6) is 0 Å². The zero-order valence-electron chi connectivity index (χ0n) is 13.9. The number of amides is 1. The second-order valence-corrected chi connectivity index (χ2v) is 8.09. The molecule has 1 aliphatic heterocycles. The number of rotatable bonds is 4. The van der Waals surface area contributed by atoms with Gasteiger partial charge >= 0.3 is 0 Å². The van der Waals surface area contributed by atoms with E-state index in [2.05, 4.69) is 10.2 Å². The fourth-order valence-electron chi connectivity index (χ4n) is 3.07. The van der Waals surface area contributed by atoms with Crippen LogP contribution in [0.1, 0.15) is 18.4 Å². The van der Waals surface area contributed by atoms with Crippen molar-refractivity contribution >= 4 is 58.0 Å². The van der Waals surface area contributed by atoms with Crippen molar-refractivity contribution in [2.75, 3.05) is 18.4 Å². The first-order valence-electron chi connectivity index (χ1n) is 8.34. The number of carbonyl (C=O) groups excluding carboxylic acids is 1. The summed E-state index contributed by atoms with van der Waals surface area (Å²) in [7, 11) is 0. The van der Waals surface area contributed by atoms with Crippen LogP contribution in [0, 0.1) is 5.92 Å². The van der Waals surface area contributed by atoms with Gasteiger partial charge in [-0.2, -0.15) is 0 Å². The Kier molecular flexibility index (Phi) is 6.70. The van der Waals surface area contributed by atoms with Crippen LogP contribution in [0.3, 0.4) is 0 Å². The van der Waals surface area contributed by atoms with E-state index >= 15 is 0 Å². The smallest absolute Gasteiger partial charge is 0.227 e. The van der Waals surface area contributed by atoms with Crippen LogP contribution in [-0.2, 0) is 11.3 Å². The predicted octanol–water partition coefficient (Wildman–Crippen LogP) is 6.15. The van der Waals surface area contributed by atoms with Gasteiger partial charge in [0.2, 0.25) is 5.91 Å². The van der Waals surface area contributed by atoms with Crippen molar-refractivity contribution in [1.82, 2.24) is 4.90 Å². The maximum Gasteiger partial charge on any atom is 0.227 e. The molecule has 138 valence electrons. The standard InChI is InChI=1S/C19H18Cl4N2O/c20-14-2-1-13(16(22)9-14)11-25-7-5-12(6-8-25)19(26)24-18-4-3-15(21)10-17(18)23/h1-4,9-10,12H,5-8,11H2,(H,24,26). The maximum absolute atomic E-state index is 12.5. The highest BCUT2D eigenvalue weighted by atomic mass is 35.5. The molecule has 1 heterocycles. The van der Waals surface area contributed by atoms with E-state index in [4.69, 9.17) is 46.4 Å².